The lowest BCUT2D eigenvalue weighted by molar-refractivity contribution is 0.808. The summed E-state index contributed by atoms with van der Waals surface area (Å²) in [5.74, 6) is 0.482. The summed E-state index contributed by atoms with van der Waals surface area (Å²) in [5, 5.41) is 0. The first-order chi connectivity index (χ1) is 5.63. The van der Waals surface area contributed by atoms with Crippen LogP contribution in [-0.4, -0.2) is 4.98 Å². The summed E-state index contributed by atoms with van der Waals surface area (Å²) in [4.78, 5) is 4.43. The zero-order valence-electron chi connectivity index (χ0n) is 8.37. The van der Waals surface area contributed by atoms with Crippen molar-refractivity contribution in [3.63, 3.8) is 0 Å². The highest BCUT2D eigenvalue weighted by Crippen LogP contribution is 2.13. The number of halogens is 1. The molecule has 0 aliphatic heterocycles. The van der Waals surface area contributed by atoms with Crippen LogP contribution >= 0.6 is 12.4 Å². The Bertz CT molecular complexity index is 272. The maximum absolute atomic E-state index is 5.56. The first-order valence-corrected chi connectivity index (χ1v) is 4.31. The van der Waals surface area contributed by atoms with Crippen molar-refractivity contribution >= 4 is 12.4 Å². The first-order valence-electron chi connectivity index (χ1n) is 4.31. The molecule has 1 aromatic rings. The molecule has 74 valence electrons. The maximum atomic E-state index is 5.56. The number of rotatable bonds is 2. The Kier molecular flexibility index (Phi) is 4.96. The normalized spacial score (nSPS) is 9.92. The zero-order valence-corrected chi connectivity index (χ0v) is 9.19. The summed E-state index contributed by atoms with van der Waals surface area (Å²) in [5.41, 5.74) is 8.92. The second-order valence-corrected chi connectivity index (χ2v) is 3.40. The van der Waals surface area contributed by atoms with Gasteiger partial charge in [-0.3, -0.25) is 4.98 Å². The zero-order chi connectivity index (χ0) is 9.14. The fourth-order valence-corrected chi connectivity index (χ4v) is 1.18. The third-order valence-corrected chi connectivity index (χ3v) is 1.86. The molecule has 0 aliphatic carbocycles. The predicted octanol–water partition coefficient (Wildman–Crippen LogP) is 2.39. The standard InChI is InChI=1S/C10H16N2.ClH/c1-7(2)10-5-9(6-11)4-8(3)12-10;/h4-5,7H,6,11H2,1-3H3;1H. The SMILES string of the molecule is Cc1cc(CN)cc(C(C)C)n1.Cl. The molecule has 0 saturated carbocycles. The molecule has 1 rings (SSSR count). The third-order valence-electron chi connectivity index (χ3n) is 1.86. The van der Waals surface area contributed by atoms with Gasteiger partial charge >= 0.3 is 0 Å². The topological polar surface area (TPSA) is 38.9 Å². The Morgan fingerprint density at radius 2 is 2.00 bits per heavy atom. The highest BCUT2D eigenvalue weighted by atomic mass is 35.5. The van der Waals surface area contributed by atoms with Crippen molar-refractivity contribution < 1.29 is 0 Å². The van der Waals surface area contributed by atoms with Crippen LogP contribution in [0.5, 0.6) is 0 Å². The molecule has 1 aromatic heterocycles. The van der Waals surface area contributed by atoms with Crippen LogP contribution in [0.15, 0.2) is 12.1 Å². The second-order valence-electron chi connectivity index (χ2n) is 3.40. The van der Waals surface area contributed by atoms with Crippen LogP contribution in [0.4, 0.5) is 0 Å². The van der Waals surface area contributed by atoms with Gasteiger partial charge in [0.15, 0.2) is 0 Å². The maximum Gasteiger partial charge on any atom is 0.0435 e. The van der Waals surface area contributed by atoms with E-state index in [0.29, 0.717) is 12.5 Å². The van der Waals surface area contributed by atoms with Crippen molar-refractivity contribution in [2.75, 3.05) is 0 Å². The van der Waals surface area contributed by atoms with E-state index in [1.165, 1.54) is 5.56 Å². The smallest absolute Gasteiger partial charge is 0.0435 e. The summed E-state index contributed by atoms with van der Waals surface area (Å²) in [6, 6.07) is 4.11. The van der Waals surface area contributed by atoms with E-state index in [0.717, 1.165) is 11.4 Å². The Labute approximate surface area is 86.0 Å². The van der Waals surface area contributed by atoms with Gasteiger partial charge in [0.05, 0.1) is 0 Å². The molecule has 0 fully saturated rings. The van der Waals surface area contributed by atoms with Crippen LogP contribution in [0, 0.1) is 6.92 Å². The Balaban J connectivity index is 0.00000144. The number of pyridine rings is 1. The summed E-state index contributed by atoms with van der Waals surface area (Å²) >= 11 is 0. The van der Waals surface area contributed by atoms with E-state index in [-0.39, 0.29) is 12.4 Å². The highest BCUT2D eigenvalue weighted by Gasteiger charge is 2.02. The van der Waals surface area contributed by atoms with Gasteiger partial charge in [-0.05, 0) is 30.5 Å². The van der Waals surface area contributed by atoms with Crippen LogP contribution in [0.3, 0.4) is 0 Å². The van der Waals surface area contributed by atoms with Gasteiger partial charge in [0.1, 0.15) is 0 Å². The van der Waals surface area contributed by atoms with Crippen molar-refractivity contribution in [3.05, 3.63) is 29.1 Å². The average molecular weight is 201 g/mol. The molecule has 0 atom stereocenters. The molecule has 0 saturated heterocycles. The van der Waals surface area contributed by atoms with Gasteiger partial charge in [0.25, 0.3) is 0 Å². The Hall–Kier alpha value is -0.600. The first kappa shape index (κ1) is 12.4. The van der Waals surface area contributed by atoms with Gasteiger partial charge in [-0.15, -0.1) is 12.4 Å². The van der Waals surface area contributed by atoms with E-state index in [4.69, 9.17) is 5.73 Å². The number of nitrogens with two attached hydrogens (primary N) is 1. The molecule has 0 spiro atoms. The van der Waals surface area contributed by atoms with Crippen molar-refractivity contribution in [1.82, 2.24) is 4.98 Å². The highest BCUT2D eigenvalue weighted by molar-refractivity contribution is 5.85. The molecule has 3 heteroatoms. The molecule has 0 aliphatic rings. The molecule has 0 amide bonds. The largest absolute Gasteiger partial charge is 0.326 e. The number of hydrogen-bond donors (Lipinski definition) is 1. The second kappa shape index (κ2) is 5.20. The Morgan fingerprint density at radius 3 is 2.46 bits per heavy atom. The van der Waals surface area contributed by atoms with Crippen LogP contribution in [0.1, 0.15) is 36.7 Å². The van der Waals surface area contributed by atoms with E-state index in [1.54, 1.807) is 0 Å². The summed E-state index contributed by atoms with van der Waals surface area (Å²) in [7, 11) is 0. The lowest BCUT2D eigenvalue weighted by Gasteiger charge is -2.07. The summed E-state index contributed by atoms with van der Waals surface area (Å²) in [6.45, 7) is 6.89. The van der Waals surface area contributed by atoms with Gasteiger partial charge < -0.3 is 5.73 Å². The minimum Gasteiger partial charge on any atom is -0.326 e. The van der Waals surface area contributed by atoms with Crippen LogP contribution < -0.4 is 5.73 Å². The predicted molar refractivity (Wildman–Crippen MR) is 58.2 cm³/mol. The summed E-state index contributed by atoms with van der Waals surface area (Å²) < 4.78 is 0. The van der Waals surface area contributed by atoms with Crippen molar-refractivity contribution in [3.8, 4) is 0 Å². The molecule has 2 N–H and O–H groups in total. The van der Waals surface area contributed by atoms with Crippen LogP contribution in [0.25, 0.3) is 0 Å². The molecular formula is C10H17ClN2. The lowest BCUT2D eigenvalue weighted by Crippen LogP contribution is -2.01. The molecule has 0 unspecified atom stereocenters. The number of nitrogens with zero attached hydrogens (tertiary/aromatic N) is 1. The monoisotopic (exact) mass is 200 g/mol. The quantitative estimate of drug-likeness (QED) is 0.797. The number of aryl methyl sites for hydroxylation is 1. The molecule has 0 bridgehead atoms. The summed E-state index contributed by atoms with van der Waals surface area (Å²) in [6.07, 6.45) is 0. The fourth-order valence-electron chi connectivity index (χ4n) is 1.18. The van der Waals surface area contributed by atoms with Crippen molar-refractivity contribution in [1.29, 1.82) is 0 Å². The van der Waals surface area contributed by atoms with Gasteiger partial charge in [0.2, 0.25) is 0 Å². The van der Waals surface area contributed by atoms with Gasteiger partial charge in [0, 0.05) is 17.9 Å². The molecular weight excluding hydrogens is 184 g/mol. The van der Waals surface area contributed by atoms with E-state index in [9.17, 15) is 0 Å². The fraction of sp³-hybridized carbons (Fsp3) is 0.500. The molecule has 2 nitrogen and oxygen atoms in total. The van der Waals surface area contributed by atoms with Gasteiger partial charge in [-0.1, -0.05) is 13.8 Å². The minimum absolute atomic E-state index is 0. The van der Waals surface area contributed by atoms with E-state index < -0.39 is 0 Å². The van der Waals surface area contributed by atoms with Crippen LogP contribution in [-0.2, 0) is 6.54 Å². The molecule has 1 heterocycles. The average Bonchev–Trinajstić information content (AvgIpc) is 2.03. The lowest BCUT2D eigenvalue weighted by atomic mass is 10.1. The van der Waals surface area contributed by atoms with Gasteiger partial charge in [-0.2, -0.15) is 0 Å². The van der Waals surface area contributed by atoms with Crippen molar-refractivity contribution in [2.24, 2.45) is 5.73 Å². The molecule has 13 heavy (non-hydrogen) atoms. The van der Waals surface area contributed by atoms with E-state index in [2.05, 4.69) is 24.9 Å². The molecule has 0 aromatic carbocycles. The van der Waals surface area contributed by atoms with E-state index >= 15 is 0 Å². The number of aromatic nitrogens is 1. The van der Waals surface area contributed by atoms with Crippen molar-refractivity contribution in [2.45, 2.75) is 33.2 Å². The minimum atomic E-state index is 0. The van der Waals surface area contributed by atoms with Gasteiger partial charge in [-0.25, -0.2) is 0 Å². The Morgan fingerprint density at radius 1 is 1.38 bits per heavy atom. The molecule has 0 radical (unpaired) electrons. The van der Waals surface area contributed by atoms with Crippen LogP contribution in [0.2, 0.25) is 0 Å². The third kappa shape index (κ3) is 3.33. The number of hydrogen-bond acceptors (Lipinski definition) is 2. The van der Waals surface area contributed by atoms with E-state index in [1.807, 2.05) is 13.0 Å².